The van der Waals surface area contributed by atoms with Crippen molar-refractivity contribution >= 4 is 5.91 Å². The first-order valence-electron chi connectivity index (χ1n) is 10.8. The molecule has 1 heterocycles. The zero-order valence-corrected chi connectivity index (χ0v) is 18.2. The molecule has 0 aliphatic heterocycles. The van der Waals surface area contributed by atoms with E-state index in [0.29, 0.717) is 25.9 Å². The van der Waals surface area contributed by atoms with Gasteiger partial charge in [-0.05, 0) is 29.7 Å². The summed E-state index contributed by atoms with van der Waals surface area (Å²) in [7, 11) is 1.65. The average Bonchev–Trinajstić information content (AvgIpc) is 3.25. The van der Waals surface area contributed by atoms with Crippen molar-refractivity contribution in [2.24, 2.45) is 0 Å². The highest BCUT2D eigenvalue weighted by molar-refractivity contribution is 5.76. The summed E-state index contributed by atoms with van der Waals surface area (Å²) in [6, 6.07) is 28.2. The van der Waals surface area contributed by atoms with E-state index in [-0.39, 0.29) is 5.91 Å². The van der Waals surface area contributed by atoms with E-state index in [9.17, 15) is 4.79 Å². The highest BCUT2D eigenvalue weighted by atomic mass is 16.5. The molecule has 0 saturated heterocycles. The maximum atomic E-state index is 12.5. The van der Waals surface area contributed by atoms with E-state index in [1.807, 2.05) is 83.7 Å². The van der Waals surface area contributed by atoms with Gasteiger partial charge in [0.15, 0.2) is 0 Å². The van der Waals surface area contributed by atoms with Crippen LogP contribution in [0, 0.1) is 0 Å². The number of aryl methyl sites for hydroxylation is 1. The first-order valence-corrected chi connectivity index (χ1v) is 10.8. The minimum atomic E-state index is 0.0237. The summed E-state index contributed by atoms with van der Waals surface area (Å²) in [5.74, 6) is 0.842. The number of rotatable bonds is 9. The molecule has 5 heteroatoms. The minimum absolute atomic E-state index is 0.0237. The van der Waals surface area contributed by atoms with Crippen LogP contribution in [-0.4, -0.2) is 22.8 Å². The molecule has 0 aliphatic carbocycles. The number of methoxy groups -OCH3 is 1. The van der Waals surface area contributed by atoms with Gasteiger partial charge in [0.1, 0.15) is 5.75 Å². The lowest BCUT2D eigenvalue weighted by atomic mass is 10.1. The van der Waals surface area contributed by atoms with Gasteiger partial charge in [-0.3, -0.25) is 9.48 Å². The summed E-state index contributed by atoms with van der Waals surface area (Å²) < 4.78 is 7.12. The average molecular weight is 426 g/mol. The van der Waals surface area contributed by atoms with Crippen molar-refractivity contribution < 1.29 is 9.53 Å². The maximum absolute atomic E-state index is 12.5. The molecule has 4 rings (SSSR count). The smallest absolute Gasteiger partial charge is 0.220 e. The number of ether oxygens (including phenoxy) is 1. The molecule has 0 aliphatic rings. The molecule has 5 nitrogen and oxygen atoms in total. The molecule has 0 radical (unpaired) electrons. The molecular weight excluding hydrogens is 398 g/mol. The summed E-state index contributed by atoms with van der Waals surface area (Å²) in [5, 5.41) is 7.88. The van der Waals surface area contributed by atoms with Crippen molar-refractivity contribution in [3.05, 3.63) is 108 Å². The first-order chi connectivity index (χ1) is 15.7. The zero-order valence-electron chi connectivity index (χ0n) is 18.2. The van der Waals surface area contributed by atoms with Gasteiger partial charge in [-0.1, -0.05) is 72.8 Å². The van der Waals surface area contributed by atoms with Crippen molar-refractivity contribution in [1.82, 2.24) is 15.1 Å². The van der Waals surface area contributed by atoms with Gasteiger partial charge in [-0.15, -0.1) is 0 Å². The molecule has 0 bridgehead atoms. The highest BCUT2D eigenvalue weighted by Gasteiger charge is 2.13. The molecule has 32 heavy (non-hydrogen) atoms. The van der Waals surface area contributed by atoms with Crippen molar-refractivity contribution in [2.45, 2.75) is 25.9 Å². The number of carbonyl (C=O) groups excluding carboxylic acids is 1. The molecule has 1 aromatic heterocycles. The maximum Gasteiger partial charge on any atom is 0.220 e. The number of nitrogens with one attached hydrogen (secondary N) is 1. The number of hydrogen-bond acceptors (Lipinski definition) is 3. The van der Waals surface area contributed by atoms with Gasteiger partial charge in [-0.2, -0.15) is 5.10 Å². The fourth-order valence-electron chi connectivity index (χ4n) is 3.61. The Morgan fingerprint density at radius 2 is 1.59 bits per heavy atom. The second-order valence-electron chi connectivity index (χ2n) is 7.68. The Morgan fingerprint density at radius 1 is 0.906 bits per heavy atom. The fraction of sp³-hybridized carbons (Fsp3) is 0.185. The third-order valence-corrected chi connectivity index (χ3v) is 5.35. The molecule has 0 fully saturated rings. The van der Waals surface area contributed by atoms with E-state index in [1.54, 1.807) is 7.11 Å². The van der Waals surface area contributed by atoms with Gasteiger partial charge in [-0.25, -0.2) is 0 Å². The molecule has 1 N–H and O–H groups in total. The second kappa shape index (κ2) is 10.4. The number of hydrogen-bond donors (Lipinski definition) is 1. The van der Waals surface area contributed by atoms with Crippen LogP contribution in [0.4, 0.5) is 0 Å². The molecule has 0 atom stereocenters. The van der Waals surface area contributed by atoms with Crippen molar-refractivity contribution in [2.75, 3.05) is 7.11 Å². The monoisotopic (exact) mass is 425 g/mol. The molecule has 4 aromatic rings. The second-order valence-corrected chi connectivity index (χ2v) is 7.68. The van der Waals surface area contributed by atoms with Crippen LogP contribution in [0.25, 0.3) is 11.3 Å². The van der Waals surface area contributed by atoms with E-state index in [0.717, 1.165) is 28.1 Å². The predicted octanol–water partition coefficient (Wildman–Crippen LogP) is 4.86. The number of nitrogens with zero attached hydrogens (tertiary/aromatic N) is 2. The Bertz CT molecular complexity index is 1140. The van der Waals surface area contributed by atoms with Crippen molar-refractivity contribution in [1.29, 1.82) is 0 Å². The Hall–Kier alpha value is -3.86. The third kappa shape index (κ3) is 5.64. The largest absolute Gasteiger partial charge is 0.497 e. The molecule has 3 aromatic carbocycles. The SMILES string of the molecule is COc1ccc(CCC(=O)NCc2cn(Cc3ccccc3)nc2-c2ccccc2)cc1. The number of carbonyl (C=O) groups is 1. The zero-order chi connectivity index (χ0) is 22.2. The van der Waals surface area contributed by atoms with Crippen LogP contribution in [0.1, 0.15) is 23.1 Å². The molecule has 0 spiro atoms. The lowest BCUT2D eigenvalue weighted by Gasteiger charge is -2.07. The van der Waals surface area contributed by atoms with E-state index in [4.69, 9.17) is 9.84 Å². The predicted molar refractivity (Wildman–Crippen MR) is 126 cm³/mol. The Labute approximate surface area is 188 Å². The van der Waals surface area contributed by atoms with Crippen molar-refractivity contribution in [3.8, 4) is 17.0 Å². The quantitative estimate of drug-likeness (QED) is 0.417. The summed E-state index contributed by atoms with van der Waals surface area (Å²) in [6.07, 6.45) is 3.15. The van der Waals surface area contributed by atoms with E-state index < -0.39 is 0 Å². The summed E-state index contributed by atoms with van der Waals surface area (Å²) in [6.45, 7) is 1.13. The van der Waals surface area contributed by atoms with Crippen LogP contribution in [0.3, 0.4) is 0 Å². The lowest BCUT2D eigenvalue weighted by Crippen LogP contribution is -2.23. The lowest BCUT2D eigenvalue weighted by molar-refractivity contribution is -0.121. The first kappa shape index (κ1) is 21.4. The van der Waals surface area contributed by atoms with Crippen LogP contribution >= 0.6 is 0 Å². The molecule has 0 unspecified atom stereocenters. The number of amides is 1. The molecule has 0 saturated carbocycles. The van der Waals surface area contributed by atoms with E-state index in [1.165, 1.54) is 5.56 Å². The van der Waals surface area contributed by atoms with Gasteiger partial charge < -0.3 is 10.1 Å². The fourth-order valence-corrected chi connectivity index (χ4v) is 3.61. The van der Waals surface area contributed by atoms with Crippen LogP contribution in [-0.2, 0) is 24.3 Å². The molecule has 162 valence electrons. The molecule has 1 amide bonds. The standard InChI is InChI=1S/C27H27N3O2/c1-32-25-15-12-21(13-16-25)14-17-26(31)28-18-24-20-30(19-22-8-4-2-5-9-22)29-27(24)23-10-6-3-7-11-23/h2-13,15-16,20H,14,17-19H2,1H3,(H,28,31). The third-order valence-electron chi connectivity index (χ3n) is 5.35. The van der Waals surface area contributed by atoms with Crippen LogP contribution in [0.5, 0.6) is 5.75 Å². The van der Waals surface area contributed by atoms with E-state index >= 15 is 0 Å². The normalized spacial score (nSPS) is 10.7. The van der Waals surface area contributed by atoms with Gasteiger partial charge in [0.05, 0.1) is 19.3 Å². The summed E-state index contributed by atoms with van der Waals surface area (Å²) >= 11 is 0. The van der Waals surface area contributed by atoms with Gasteiger partial charge in [0.2, 0.25) is 5.91 Å². The van der Waals surface area contributed by atoms with E-state index in [2.05, 4.69) is 17.4 Å². The minimum Gasteiger partial charge on any atom is -0.497 e. The number of benzene rings is 3. The summed E-state index contributed by atoms with van der Waals surface area (Å²) in [4.78, 5) is 12.5. The van der Waals surface area contributed by atoms with Crippen molar-refractivity contribution in [3.63, 3.8) is 0 Å². The Balaban J connectivity index is 1.42. The van der Waals surface area contributed by atoms with Gasteiger partial charge in [0.25, 0.3) is 0 Å². The van der Waals surface area contributed by atoms with Crippen LogP contribution in [0.2, 0.25) is 0 Å². The number of aromatic nitrogens is 2. The van der Waals surface area contributed by atoms with Crippen LogP contribution < -0.4 is 10.1 Å². The Morgan fingerprint density at radius 3 is 2.28 bits per heavy atom. The summed E-state index contributed by atoms with van der Waals surface area (Å²) in [5.41, 5.74) is 5.25. The van der Waals surface area contributed by atoms with Gasteiger partial charge >= 0.3 is 0 Å². The van der Waals surface area contributed by atoms with Crippen LogP contribution in [0.15, 0.2) is 91.1 Å². The highest BCUT2D eigenvalue weighted by Crippen LogP contribution is 2.22. The molecular formula is C27H27N3O2. The Kier molecular flexibility index (Phi) is 6.98. The topological polar surface area (TPSA) is 56.1 Å². The van der Waals surface area contributed by atoms with Gasteiger partial charge in [0, 0.05) is 30.3 Å².